The van der Waals surface area contributed by atoms with Gasteiger partial charge < -0.3 is 13.9 Å². The number of carbonyl (C=O) groups is 1. The maximum Gasteiger partial charge on any atom is 0.341 e. The van der Waals surface area contributed by atoms with Crippen LogP contribution in [0.4, 0.5) is 0 Å². The van der Waals surface area contributed by atoms with Crippen molar-refractivity contribution in [3.05, 3.63) is 24.2 Å². The number of hydrogen-bond donors (Lipinski definition) is 0. The molecule has 0 amide bonds. The van der Waals surface area contributed by atoms with Crippen molar-refractivity contribution >= 4 is 5.97 Å². The minimum absolute atomic E-state index is 0.0627. The third-order valence-electron chi connectivity index (χ3n) is 8.10. The van der Waals surface area contributed by atoms with Crippen LogP contribution in [0, 0.1) is 22.7 Å². The summed E-state index contributed by atoms with van der Waals surface area (Å²) in [5, 5.41) is 0. The van der Waals surface area contributed by atoms with Crippen molar-refractivity contribution in [1.82, 2.24) is 0 Å². The van der Waals surface area contributed by atoms with E-state index in [0.29, 0.717) is 11.8 Å². The van der Waals surface area contributed by atoms with Crippen molar-refractivity contribution < 1.29 is 18.7 Å². The number of rotatable bonds is 4. The minimum atomic E-state index is -0.693. The van der Waals surface area contributed by atoms with Crippen LogP contribution in [0.5, 0.6) is 0 Å². The summed E-state index contributed by atoms with van der Waals surface area (Å²) in [5.41, 5.74) is 0.643. The van der Waals surface area contributed by atoms with Gasteiger partial charge in [0.2, 0.25) is 0 Å². The molecule has 6 atom stereocenters. The maximum atomic E-state index is 12.7. The molecule has 4 rings (SSSR count). The lowest BCUT2D eigenvalue weighted by molar-refractivity contribution is -0.166. The average molecular weight is 346 g/mol. The van der Waals surface area contributed by atoms with E-state index in [4.69, 9.17) is 13.9 Å². The standard InChI is InChI=1S/C21H30O4/c1-14-7-11-20(3)16(5-6-17-21(20,25-17)18(22)23-4)19(14,2)10-8-15-9-12-24-13-15/h9,12-14,16-17H,5-8,10-11H2,1-4H3. The minimum Gasteiger partial charge on any atom is -0.472 e. The van der Waals surface area contributed by atoms with E-state index in [9.17, 15) is 4.79 Å². The number of epoxide rings is 1. The van der Waals surface area contributed by atoms with Crippen LogP contribution in [0.2, 0.25) is 0 Å². The van der Waals surface area contributed by atoms with Crippen LogP contribution in [0.1, 0.15) is 58.4 Å². The number of ether oxygens (including phenoxy) is 2. The fourth-order valence-corrected chi connectivity index (χ4v) is 6.29. The molecule has 4 nitrogen and oxygen atoms in total. The van der Waals surface area contributed by atoms with Crippen LogP contribution >= 0.6 is 0 Å². The first-order valence-corrected chi connectivity index (χ1v) is 9.66. The zero-order valence-corrected chi connectivity index (χ0v) is 15.8. The van der Waals surface area contributed by atoms with E-state index in [1.807, 2.05) is 6.26 Å². The van der Waals surface area contributed by atoms with E-state index in [1.54, 1.807) is 6.26 Å². The molecule has 1 aromatic heterocycles. The van der Waals surface area contributed by atoms with Gasteiger partial charge in [-0.15, -0.1) is 0 Å². The quantitative estimate of drug-likeness (QED) is 0.600. The topological polar surface area (TPSA) is 52.0 Å². The van der Waals surface area contributed by atoms with Crippen molar-refractivity contribution in [2.24, 2.45) is 22.7 Å². The Morgan fingerprint density at radius 2 is 2.12 bits per heavy atom. The molecule has 3 aliphatic rings. The Morgan fingerprint density at radius 1 is 1.32 bits per heavy atom. The molecule has 1 saturated heterocycles. The molecule has 0 radical (unpaired) electrons. The first-order valence-electron chi connectivity index (χ1n) is 9.66. The Morgan fingerprint density at radius 3 is 2.80 bits per heavy atom. The van der Waals surface area contributed by atoms with Crippen molar-refractivity contribution in [3.63, 3.8) is 0 Å². The molecular weight excluding hydrogens is 316 g/mol. The highest BCUT2D eigenvalue weighted by Gasteiger charge is 2.78. The second-order valence-corrected chi connectivity index (χ2v) is 8.96. The molecule has 3 fully saturated rings. The molecule has 0 bridgehead atoms. The zero-order valence-electron chi connectivity index (χ0n) is 15.8. The SMILES string of the molecule is COC(=O)C12OC1CCC1C(C)(CCc3ccoc3)C(C)CCC12C. The summed E-state index contributed by atoms with van der Waals surface area (Å²) < 4.78 is 16.5. The van der Waals surface area contributed by atoms with Gasteiger partial charge >= 0.3 is 5.97 Å². The first-order chi connectivity index (χ1) is 11.9. The molecule has 1 aliphatic heterocycles. The van der Waals surface area contributed by atoms with Crippen molar-refractivity contribution in [2.75, 3.05) is 7.11 Å². The molecule has 0 N–H and O–H groups in total. The number of furan rings is 1. The highest BCUT2D eigenvalue weighted by atomic mass is 16.7. The van der Waals surface area contributed by atoms with Gasteiger partial charge in [-0.1, -0.05) is 20.8 Å². The van der Waals surface area contributed by atoms with Gasteiger partial charge in [0.25, 0.3) is 0 Å². The van der Waals surface area contributed by atoms with Gasteiger partial charge in [-0.2, -0.15) is 0 Å². The molecule has 2 heterocycles. The fourth-order valence-electron chi connectivity index (χ4n) is 6.29. The molecule has 0 aromatic carbocycles. The number of hydrogen-bond acceptors (Lipinski definition) is 4. The molecule has 4 heteroatoms. The second-order valence-electron chi connectivity index (χ2n) is 8.96. The molecule has 0 spiro atoms. The van der Waals surface area contributed by atoms with Crippen LogP contribution in [0.15, 0.2) is 23.0 Å². The largest absolute Gasteiger partial charge is 0.472 e. The molecule has 138 valence electrons. The summed E-state index contributed by atoms with van der Waals surface area (Å²) in [6.45, 7) is 7.11. The van der Waals surface area contributed by atoms with Crippen LogP contribution in [-0.2, 0) is 20.7 Å². The van der Waals surface area contributed by atoms with Gasteiger partial charge in [-0.3, -0.25) is 0 Å². The first kappa shape index (κ1) is 17.1. The summed E-state index contributed by atoms with van der Waals surface area (Å²) in [6.07, 6.45) is 10.1. The number of aryl methyl sites for hydroxylation is 1. The number of carbonyl (C=O) groups excluding carboxylic acids is 1. The van der Waals surface area contributed by atoms with Crippen molar-refractivity contribution in [2.45, 2.75) is 71.0 Å². The van der Waals surface area contributed by atoms with Crippen LogP contribution in [0.25, 0.3) is 0 Å². The van der Waals surface area contributed by atoms with Gasteiger partial charge in [0.15, 0.2) is 5.60 Å². The number of esters is 1. The highest BCUT2D eigenvalue weighted by Crippen LogP contribution is 2.70. The van der Waals surface area contributed by atoms with Gasteiger partial charge in [0, 0.05) is 5.41 Å². The molecule has 6 unspecified atom stereocenters. The summed E-state index contributed by atoms with van der Waals surface area (Å²) in [4.78, 5) is 12.7. The lowest BCUT2D eigenvalue weighted by Gasteiger charge is -2.58. The van der Waals surface area contributed by atoms with E-state index in [-0.39, 0.29) is 22.9 Å². The highest BCUT2D eigenvalue weighted by molar-refractivity contribution is 5.85. The Kier molecular flexibility index (Phi) is 3.84. The number of fused-ring (bicyclic) bond motifs is 3. The normalized spacial score (nSPS) is 45.4. The predicted octanol–water partition coefficient (Wildman–Crippen LogP) is 4.38. The van der Waals surface area contributed by atoms with Gasteiger partial charge in [-0.25, -0.2) is 4.79 Å². The summed E-state index contributed by atoms with van der Waals surface area (Å²) >= 11 is 0. The Hall–Kier alpha value is -1.29. The molecule has 2 saturated carbocycles. The Balaban J connectivity index is 1.65. The lowest BCUT2D eigenvalue weighted by atomic mass is 9.44. The van der Waals surface area contributed by atoms with Crippen molar-refractivity contribution in [3.8, 4) is 0 Å². The van der Waals surface area contributed by atoms with Gasteiger partial charge in [0.05, 0.1) is 25.7 Å². The van der Waals surface area contributed by atoms with Crippen molar-refractivity contribution in [1.29, 1.82) is 0 Å². The van der Waals surface area contributed by atoms with E-state index in [2.05, 4.69) is 26.8 Å². The molecule has 2 aliphatic carbocycles. The molecule has 1 aromatic rings. The van der Waals surface area contributed by atoms with Crippen LogP contribution in [0.3, 0.4) is 0 Å². The molecule has 25 heavy (non-hydrogen) atoms. The van der Waals surface area contributed by atoms with Gasteiger partial charge in [-0.05, 0) is 67.4 Å². The van der Waals surface area contributed by atoms with E-state index in [1.165, 1.54) is 12.7 Å². The summed E-state index contributed by atoms with van der Waals surface area (Å²) in [6, 6.07) is 2.06. The lowest BCUT2D eigenvalue weighted by Crippen LogP contribution is -2.60. The second kappa shape index (κ2) is 5.60. The number of methoxy groups -OCH3 is 1. The van der Waals surface area contributed by atoms with Gasteiger partial charge in [0.1, 0.15) is 0 Å². The van der Waals surface area contributed by atoms with Crippen LogP contribution < -0.4 is 0 Å². The predicted molar refractivity (Wildman–Crippen MR) is 94.0 cm³/mol. The zero-order chi connectivity index (χ0) is 17.9. The van der Waals surface area contributed by atoms with E-state index >= 15 is 0 Å². The maximum absolute atomic E-state index is 12.7. The van der Waals surface area contributed by atoms with E-state index < -0.39 is 5.60 Å². The van der Waals surface area contributed by atoms with E-state index in [0.717, 1.165) is 38.5 Å². The third-order valence-corrected chi connectivity index (χ3v) is 8.10. The Bertz CT molecular complexity index is 653. The monoisotopic (exact) mass is 346 g/mol. The molecular formula is C21H30O4. The smallest absolute Gasteiger partial charge is 0.341 e. The van der Waals surface area contributed by atoms with Crippen LogP contribution in [-0.4, -0.2) is 24.8 Å². The fraction of sp³-hybridized carbons (Fsp3) is 0.762. The Labute approximate surface area is 150 Å². The average Bonchev–Trinajstić information content (AvgIpc) is 3.15. The third kappa shape index (κ3) is 2.19. The summed E-state index contributed by atoms with van der Waals surface area (Å²) in [7, 11) is 1.49. The summed E-state index contributed by atoms with van der Waals surface area (Å²) in [5.74, 6) is 0.965.